The van der Waals surface area contributed by atoms with Crippen LogP contribution in [0.1, 0.15) is 6.42 Å². The van der Waals surface area contributed by atoms with Crippen LogP contribution in [0.2, 0.25) is 0 Å². The number of carbonyl (C=O) groups excluding carboxylic acids is 1. The van der Waals surface area contributed by atoms with Gasteiger partial charge >= 0.3 is 0 Å². The number of fused-ring (bicyclic) bond motifs is 1. The second kappa shape index (κ2) is 6.96. The summed E-state index contributed by atoms with van der Waals surface area (Å²) in [5.74, 6) is 0.626. The third-order valence-corrected chi connectivity index (χ3v) is 5.90. The van der Waals surface area contributed by atoms with E-state index in [0.717, 1.165) is 0 Å². The van der Waals surface area contributed by atoms with Crippen LogP contribution >= 0.6 is 0 Å². The number of hydrogen-bond acceptors (Lipinski definition) is 6. The maximum atomic E-state index is 12.8. The molecule has 0 spiro atoms. The second-order valence-corrected chi connectivity index (χ2v) is 7.40. The van der Waals surface area contributed by atoms with Gasteiger partial charge in [0.25, 0.3) is 0 Å². The van der Waals surface area contributed by atoms with E-state index in [2.05, 4.69) is 5.32 Å². The molecule has 8 nitrogen and oxygen atoms in total. The fourth-order valence-electron chi connectivity index (χ4n) is 2.63. The summed E-state index contributed by atoms with van der Waals surface area (Å²) in [6.45, 7) is 1.87. The highest BCUT2D eigenvalue weighted by molar-refractivity contribution is 7.89. The molecule has 2 aliphatic rings. The van der Waals surface area contributed by atoms with Gasteiger partial charge < -0.3 is 19.5 Å². The monoisotopic (exact) mass is 356 g/mol. The van der Waals surface area contributed by atoms with Gasteiger partial charge in [-0.15, -0.1) is 0 Å². The molecule has 1 saturated heterocycles. The maximum Gasteiger partial charge on any atom is 0.243 e. The molecule has 0 aromatic heterocycles. The average molecular weight is 356 g/mol. The van der Waals surface area contributed by atoms with Gasteiger partial charge in [0.2, 0.25) is 15.9 Å². The number of amides is 1. The zero-order valence-electron chi connectivity index (χ0n) is 13.4. The van der Waals surface area contributed by atoms with Crippen LogP contribution in [0.3, 0.4) is 0 Å². The molecule has 0 aliphatic carbocycles. The first-order valence-electron chi connectivity index (χ1n) is 7.72. The summed E-state index contributed by atoms with van der Waals surface area (Å²) in [4.78, 5) is 12.2. The van der Waals surface area contributed by atoms with Gasteiger partial charge in [-0.3, -0.25) is 4.79 Å². The quantitative estimate of drug-likeness (QED) is 0.720. The Bertz CT molecular complexity index is 721. The number of carbonyl (C=O) groups is 1. The van der Waals surface area contributed by atoms with Gasteiger partial charge in [-0.25, -0.2) is 8.42 Å². The number of sulfonamides is 1. The van der Waals surface area contributed by atoms with Gasteiger partial charge in [0.1, 0.15) is 19.3 Å². The fraction of sp³-hybridized carbons (Fsp3) is 0.533. The first kappa shape index (κ1) is 17.0. The van der Waals surface area contributed by atoms with Crippen LogP contribution in [0.25, 0.3) is 0 Å². The molecule has 0 saturated carbocycles. The lowest BCUT2D eigenvalue weighted by molar-refractivity contribution is -0.127. The SMILES string of the molecule is COCCNC(=O)[C@H]1CCN1S(=O)(=O)c1ccc2c(c1)OCCO2. The van der Waals surface area contributed by atoms with Crippen molar-refractivity contribution in [2.75, 3.05) is 40.0 Å². The number of hydrogen-bond donors (Lipinski definition) is 1. The van der Waals surface area contributed by atoms with E-state index in [9.17, 15) is 13.2 Å². The van der Waals surface area contributed by atoms with Gasteiger partial charge in [0.15, 0.2) is 11.5 Å². The third-order valence-electron chi connectivity index (χ3n) is 4.00. The molecule has 24 heavy (non-hydrogen) atoms. The minimum absolute atomic E-state index is 0.0983. The predicted molar refractivity (Wildman–Crippen MR) is 84.6 cm³/mol. The highest BCUT2D eigenvalue weighted by Crippen LogP contribution is 2.35. The molecule has 0 radical (unpaired) electrons. The predicted octanol–water partition coefficient (Wildman–Crippen LogP) is -0.0166. The van der Waals surface area contributed by atoms with Crippen molar-refractivity contribution >= 4 is 15.9 Å². The molecule has 1 aromatic rings. The standard InChI is InChI=1S/C15H20N2O6S/c1-21-7-5-16-15(18)12-4-6-17(12)24(19,20)11-2-3-13-14(10-11)23-9-8-22-13/h2-3,10,12H,4-9H2,1H3,(H,16,18)/t12-/m1/s1. The van der Waals surface area contributed by atoms with Gasteiger partial charge in [-0.2, -0.15) is 4.31 Å². The normalized spacial score (nSPS) is 20.3. The average Bonchev–Trinajstić information content (AvgIpc) is 2.53. The number of nitrogens with zero attached hydrogens (tertiary/aromatic N) is 1. The van der Waals surface area contributed by atoms with E-state index in [1.807, 2.05) is 0 Å². The molecule has 9 heteroatoms. The lowest BCUT2D eigenvalue weighted by Gasteiger charge is -2.38. The lowest BCUT2D eigenvalue weighted by atomic mass is 10.1. The zero-order valence-corrected chi connectivity index (χ0v) is 14.2. The Labute approximate surface area is 140 Å². The Hall–Kier alpha value is -1.84. The summed E-state index contributed by atoms with van der Waals surface area (Å²) in [6.07, 6.45) is 0.503. The molecule has 0 unspecified atom stereocenters. The Balaban J connectivity index is 1.74. The highest BCUT2D eigenvalue weighted by atomic mass is 32.2. The summed E-state index contributed by atoms with van der Waals surface area (Å²) >= 11 is 0. The molecular formula is C15H20N2O6S. The van der Waals surface area contributed by atoms with Gasteiger partial charge in [0.05, 0.1) is 11.5 Å². The molecule has 1 N–H and O–H groups in total. The molecule has 3 rings (SSSR count). The Kier molecular flexibility index (Phi) is 4.93. The maximum absolute atomic E-state index is 12.8. The van der Waals surface area contributed by atoms with E-state index >= 15 is 0 Å². The summed E-state index contributed by atoms with van der Waals surface area (Å²) < 4.78 is 42.4. The van der Waals surface area contributed by atoms with E-state index in [-0.39, 0.29) is 10.8 Å². The summed E-state index contributed by atoms with van der Waals surface area (Å²) in [7, 11) is -2.22. The van der Waals surface area contributed by atoms with Crippen LogP contribution < -0.4 is 14.8 Å². The molecule has 132 valence electrons. The Morgan fingerprint density at radius 2 is 2.08 bits per heavy atom. The van der Waals surface area contributed by atoms with Crippen LogP contribution in [0, 0.1) is 0 Å². The third kappa shape index (κ3) is 3.19. The highest BCUT2D eigenvalue weighted by Gasteiger charge is 2.42. The molecule has 1 amide bonds. The number of ether oxygens (including phenoxy) is 3. The molecule has 2 heterocycles. The first-order valence-corrected chi connectivity index (χ1v) is 9.16. The van der Waals surface area contributed by atoms with Crippen molar-refractivity contribution in [2.24, 2.45) is 0 Å². The minimum Gasteiger partial charge on any atom is -0.486 e. The van der Waals surface area contributed by atoms with Crippen molar-refractivity contribution in [3.8, 4) is 11.5 Å². The smallest absolute Gasteiger partial charge is 0.243 e. The van der Waals surface area contributed by atoms with Crippen molar-refractivity contribution in [1.29, 1.82) is 0 Å². The molecule has 0 bridgehead atoms. The molecule has 1 aromatic carbocycles. The van der Waals surface area contributed by atoms with Crippen LogP contribution in [-0.4, -0.2) is 64.7 Å². The van der Waals surface area contributed by atoms with Crippen molar-refractivity contribution in [3.05, 3.63) is 18.2 Å². The number of benzene rings is 1. The van der Waals surface area contributed by atoms with E-state index in [4.69, 9.17) is 14.2 Å². The molecule has 2 aliphatic heterocycles. The number of methoxy groups -OCH3 is 1. The van der Waals surface area contributed by atoms with E-state index < -0.39 is 16.1 Å². The molecular weight excluding hydrogens is 336 g/mol. The summed E-state index contributed by atoms with van der Waals surface area (Å²) in [5, 5.41) is 2.67. The van der Waals surface area contributed by atoms with Gasteiger partial charge in [-0.1, -0.05) is 0 Å². The number of nitrogens with one attached hydrogen (secondary N) is 1. The Morgan fingerprint density at radius 3 is 2.75 bits per heavy atom. The van der Waals surface area contributed by atoms with Crippen molar-refractivity contribution in [1.82, 2.24) is 9.62 Å². The summed E-state index contributed by atoms with van der Waals surface area (Å²) in [6, 6.07) is 3.82. The van der Waals surface area contributed by atoms with Crippen molar-refractivity contribution < 1.29 is 27.4 Å². The van der Waals surface area contributed by atoms with E-state index in [1.54, 1.807) is 6.07 Å². The first-order chi connectivity index (χ1) is 11.5. The minimum atomic E-state index is -3.75. The van der Waals surface area contributed by atoms with E-state index in [0.29, 0.717) is 50.8 Å². The second-order valence-electron chi connectivity index (χ2n) is 5.51. The van der Waals surface area contributed by atoms with Gasteiger partial charge in [0, 0.05) is 26.3 Å². The van der Waals surface area contributed by atoms with Crippen molar-refractivity contribution in [2.45, 2.75) is 17.4 Å². The van der Waals surface area contributed by atoms with Crippen LogP contribution in [0.5, 0.6) is 11.5 Å². The zero-order chi connectivity index (χ0) is 17.2. The van der Waals surface area contributed by atoms with Crippen molar-refractivity contribution in [3.63, 3.8) is 0 Å². The topological polar surface area (TPSA) is 94.2 Å². The van der Waals surface area contributed by atoms with Crippen LogP contribution in [-0.2, 0) is 19.6 Å². The summed E-state index contributed by atoms with van der Waals surface area (Å²) in [5.41, 5.74) is 0. The van der Waals surface area contributed by atoms with E-state index in [1.165, 1.54) is 23.5 Å². The van der Waals surface area contributed by atoms with Gasteiger partial charge in [-0.05, 0) is 18.6 Å². The lowest BCUT2D eigenvalue weighted by Crippen LogP contribution is -2.58. The van der Waals surface area contributed by atoms with Crippen LogP contribution in [0.15, 0.2) is 23.1 Å². The molecule has 1 atom stereocenters. The van der Waals surface area contributed by atoms with Crippen LogP contribution in [0.4, 0.5) is 0 Å². The Morgan fingerprint density at radius 1 is 1.33 bits per heavy atom. The largest absolute Gasteiger partial charge is 0.486 e. The number of rotatable bonds is 6. The molecule has 1 fully saturated rings. The fourth-order valence-corrected chi connectivity index (χ4v) is 4.28.